The van der Waals surface area contributed by atoms with E-state index < -0.39 is 30.4 Å². The van der Waals surface area contributed by atoms with Gasteiger partial charge in [0.2, 0.25) is 5.95 Å². The minimum atomic E-state index is -4.54. The Kier molecular flexibility index (Phi) is 7.73. The van der Waals surface area contributed by atoms with Crippen LogP contribution < -0.4 is 15.0 Å². The Balaban J connectivity index is 1.45. The van der Waals surface area contributed by atoms with Crippen LogP contribution in [0.5, 0.6) is 5.75 Å². The minimum absolute atomic E-state index is 0.00944. The highest BCUT2D eigenvalue weighted by molar-refractivity contribution is 7.18. The van der Waals surface area contributed by atoms with Crippen LogP contribution in [0.2, 0.25) is 5.02 Å². The van der Waals surface area contributed by atoms with E-state index >= 15 is 0 Å². The second kappa shape index (κ2) is 10.8. The van der Waals surface area contributed by atoms with E-state index in [4.69, 9.17) is 21.4 Å². The summed E-state index contributed by atoms with van der Waals surface area (Å²) in [5.74, 6) is -2.71. The Morgan fingerprint density at radius 1 is 1.22 bits per heavy atom. The molecule has 196 valence electrons. The van der Waals surface area contributed by atoms with Crippen molar-refractivity contribution in [2.45, 2.75) is 25.1 Å². The van der Waals surface area contributed by atoms with Crippen molar-refractivity contribution in [3.63, 3.8) is 0 Å². The van der Waals surface area contributed by atoms with Gasteiger partial charge in [0.1, 0.15) is 10.7 Å². The summed E-state index contributed by atoms with van der Waals surface area (Å²) in [6, 6.07) is 7.98. The smallest absolute Gasteiger partial charge is 0.433 e. The van der Waals surface area contributed by atoms with Crippen LogP contribution in [0.15, 0.2) is 36.5 Å². The molecule has 1 fully saturated rings. The second-order valence-corrected chi connectivity index (χ2v) is 9.52. The van der Waals surface area contributed by atoms with Gasteiger partial charge in [0.05, 0.1) is 4.88 Å². The quantitative estimate of drug-likeness (QED) is 0.346. The maximum atomic E-state index is 13.0. The Morgan fingerprint density at radius 2 is 1.95 bits per heavy atom. The number of ether oxygens (including phenoxy) is 1. The highest BCUT2D eigenvalue weighted by Gasteiger charge is 2.33. The van der Waals surface area contributed by atoms with Crippen LogP contribution in [0.25, 0.3) is 10.4 Å². The molecule has 0 atom stereocenters. The molecule has 0 radical (unpaired) electrons. The summed E-state index contributed by atoms with van der Waals surface area (Å²) in [7, 11) is 0. The summed E-state index contributed by atoms with van der Waals surface area (Å²) in [6.07, 6.45) is -2.19. The fourth-order valence-electron chi connectivity index (χ4n) is 3.85. The zero-order chi connectivity index (χ0) is 26.7. The van der Waals surface area contributed by atoms with Gasteiger partial charge < -0.3 is 25.2 Å². The first-order chi connectivity index (χ1) is 17.5. The van der Waals surface area contributed by atoms with Crippen molar-refractivity contribution in [1.82, 2.24) is 9.97 Å². The Labute approximate surface area is 217 Å². The fraction of sp³-hybridized carbons (Fsp3) is 0.304. The number of carboxylic acid groups (broad SMARTS) is 2. The zero-order valence-corrected chi connectivity index (χ0v) is 20.5. The number of anilines is 2. The zero-order valence-electron chi connectivity index (χ0n) is 19.0. The van der Waals surface area contributed by atoms with E-state index in [1.54, 1.807) is 23.1 Å². The number of thiophene rings is 1. The van der Waals surface area contributed by atoms with E-state index in [0.29, 0.717) is 36.4 Å². The molecule has 14 heteroatoms. The van der Waals surface area contributed by atoms with E-state index in [0.717, 1.165) is 29.3 Å². The lowest BCUT2D eigenvalue weighted by Crippen LogP contribution is -2.40. The SMILES string of the molecule is O=C(O)COc1c(C(=O)O)sc(-c2cccc(NC3CCN(c4nccc(C(F)(F)F)n4)CC3)c2)c1Cl. The van der Waals surface area contributed by atoms with Gasteiger partial charge in [-0.25, -0.2) is 19.6 Å². The molecule has 0 bridgehead atoms. The number of aliphatic carboxylic acids is 1. The predicted molar refractivity (Wildman–Crippen MR) is 131 cm³/mol. The van der Waals surface area contributed by atoms with Gasteiger partial charge in [0.25, 0.3) is 0 Å². The Bertz CT molecular complexity index is 1310. The van der Waals surface area contributed by atoms with Gasteiger partial charge in [-0.1, -0.05) is 23.7 Å². The normalized spacial score (nSPS) is 14.4. The third kappa shape index (κ3) is 6.23. The average molecular weight is 557 g/mol. The van der Waals surface area contributed by atoms with Gasteiger partial charge in [-0.05, 0) is 36.6 Å². The van der Waals surface area contributed by atoms with Crippen LogP contribution >= 0.6 is 22.9 Å². The summed E-state index contributed by atoms with van der Waals surface area (Å²) < 4.78 is 44.0. The van der Waals surface area contributed by atoms with Crippen molar-refractivity contribution in [2.75, 3.05) is 29.9 Å². The summed E-state index contributed by atoms with van der Waals surface area (Å²) in [5.41, 5.74) is 0.368. The van der Waals surface area contributed by atoms with E-state index in [9.17, 15) is 27.9 Å². The lowest BCUT2D eigenvalue weighted by Gasteiger charge is -2.33. The second-order valence-electron chi connectivity index (χ2n) is 8.12. The molecule has 4 rings (SSSR count). The van der Waals surface area contributed by atoms with Crippen LogP contribution in [0, 0.1) is 0 Å². The number of alkyl halides is 3. The molecule has 0 saturated carbocycles. The van der Waals surface area contributed by atoms with Crippen LogP contribution in [-0.4, -0.2) is 57.9 Å². The first-order valence-electron chi connectivity index (χ1n) is 10.9. The number of aromatic nitrogens is 2. The number of rotatable bonds is 8. The van der Waals surface area contributed by atoms with Gasteiger partial charge in [0, 0.05) is 31.0 Å². The molecular formula is C23H20ClF3N4O5S. The molecule has 1 aliphatic heterocycles. The molecule has 0 unspecified atom stereocenters. The number of nitrogens with zero attached hydrogens (tertiary/aromatic N) is 3. The van der Waals surface area contributed by atoms with Gasteiger partial charge in [-0.3, -0.25) is 0 Å². The van der Waals surface area contributed by atoms with Gasteiger partial charge in [0.15, 0.2) is 17.2 Å². The third-order valence-electron chi connectivity index (χ3n) is 5.55. The van der Waals surface area contributed by atoms with Crippen molar-refractivity contribution in [3.05, 3.63) is 52.1 Å². The van der Waals surface area contributed by atoms with E-state index in [2.05, 4.69) is 15.3 Å². The van der Waals surface area contributed by atoms with Crippen molar-refractivity contribution in [3.8, 4) is 16.2 Å². The topological polar surface area (TPSA) is 125 Å². The molecule has 1 aliphatic rings. The van der Waals surface area contributed by atoms with Crippen molar-refractivity contribution in [1.29, 1.82) is 0 Å². The first kappa shape index (κ1) is 26.5. The molecule has 3 N–H and O–H groups in total. The molecule has 0 spiro atoms. The number of hydrogen-bond acceptors (Lipinski definition) is 8. The molecule has 37 heavy (non-hydrogen) atoms. The number of halogens is 4. The minimum Gasteiger partial charge on any atom is -0.479 e. The lowest BCUT2D eigenvalue weighted by molar-refractivity contribution is -0.141. The van der Waals surface area contributed by atoms with Gasteiger partial charge >= 0.3 is 18.1 Å². The summed E-state index contributed by atoms with van der Waals surface area (Å²) in [4.78, 5) is 32.0. The number of aromatic carboxylic acids is 1. The average Bonchev–Trinajstić information content (AvgIpc) is 3.19. The lowest BCUT2D eigenvalue weighted by atomic mass is 10.0. The van der Waals surface area contributed by atoms with Crippen LogP contribution in [0.3, 0.4) is 0 Å². The number of hydrogen-bond donors (Lipinski definition) is 3. The molecule has 3 heterocycles. The summed E-state index contributed by atoms with van der Waals surface area (Å²) >= 11 is 7.25. The highest BCUT2D eigenvalue weighted by Crippen LogP contribution is 2.46. The molecule has 2 aromatic heterocycles. The van der Waals surface area contributed by atoms with E-state index in [1.165, 1.54) is 0 Å². The maximum absolute atomic E-state index is 13.0. The van der Waals surface area contributed by atoms with Crippen LogP contribution in [0.1, 0.15) is 28.2 Å². The molecule has 3 aromatic rings. The molecule has 1 aromatic carbocycles. The number of nitrogens with one attached hydrogen (secondary N) is 1. The summed E-state index contributed by atoms with van der Waals surface area (Å²) in [6.45, 7) is 0.186. The number of carboxylic acids is 2. The monoisotopic (exact) mass is 556 g/mol. The molecule has 0 amide bonds. The van der Waals surface area contributed by atoms with Crippen molar-refractivity contribution in [2.24, 2.45) is 0 Å². The van der Waals surface area contributed by atoms with E-state index in [1.807, 2.05) is 6.07 Å². The first-order valence-corrected chi connectivity index (χ1v) is 12.1. The number of benzene rings is 1. The third-order valence-corrected chi connectivity index (χ3v) is 7.23. The highest BCUT2D eigenvalue weighted by atomic mass is 35.5. The van der Waals surface area contributed by atoms with Crippen molar-refractivity contribution >= 4 is 46.5 Å². The fourth-order valence-corrected chi connectivity index (χ4v) is 5.26. The number of piperidine rings is 1. The van der Waals surface area contributed by atoms with Crippen molar-refractivity contribution < 1.29 is 37.7 Å². The Morgan fingerprint density at radius 3 is 2.59 bits per heavy atom. The van der Waals surface area contributed by atoms with Gasteiger partial charge in [-0.2, -0.15) is 13.2 Å². The van der Waals surface area contributed by atoms with Gasteiger partial charge in [-0.15, -0.1) is 11.3 Å². The molecule has 0 aliphatic carbocycles. The molecular weight excluding hydrogens is 537 g/mol. The Hall–Kier alpha value is -3.58. The summed E-state index contributed by atoms with van der Waals surface area (Å²) in [5, 5.41) is 21.8. The largest absolute Gasteiger partial charge is 0.479 e. The standard InChI is InChI=1S/C23H20ClF3N4O5S/c24-17-18(36-11-16(32)33)20(21(34)35)37-19(17)12-2-1-3-14(10-12)29-13-5-8-31(9-6-13)22-28-7-4-15(30-22)23(25,26)27/h1-4,7,10,13,29H,5-6,8-9,11H2,(H,32,33)(H,34,35). The van der Waals surface area contributed by atoms with Crippen LogP contribution in [0.4, 0.5) is 24.8 Å². The molecule has 9 nitrogen and oxygen atoms in total. The predicted octanol–water partition coefficient (Wildman–Crippen LogP) is 5.12. The number of carbonyl (C=O) groups is 2. The molecule has 1 saturated heterocycles. The maximum Gasteiger partial charge on any atom is 0.433 e. The van der Waals surface area contributed by atoms with Crippen LogP contribution in [-0.2, 0) is 11.0 Å². The van der Waals surface area contributed by atoms with E-state index in [-0.39, 0.29) is 27.6 Å².